The van der Waals surface area contributed by atoms with E-state index in [-0.39, 0.29) is 0 Å². The van der Waals surface area contributed by atoms with Crippen LogP contribution in [0.15, 0.2) is 72.8 Å². The van der Waals surface area contributed by atoms with Gasteiger partial charge in [-0.05, 0) is 29.8 Å². The van der Waals surface area contributed by atoms with Crippen LogP contribution in [0, 0.1) is 0 Å². The SMILES string of the molecule is COc1ccc(NCCNc2ccccc2Cl)cc1OCc1ccccc1. The van der Waals surface area contributed by atoms with E-state index in [1.165, 1.54) is 0 Å². The molecule has 3 aromatic carbocycles. The van der Waals surface area contributed by atoms with Crippen LogP contribution in [-0.4, -0.2) is 20.2 Å². The average Bonchev–Trinajstić information content (AvgIpc) is 2.71. The number of ether oxygens (including phenoxy) is 2. The number of hydrogen-bond donors (Lipinski definition) is 2. The highest BCUT2D eigenvalue weighted by Crippen LogP contribution is 2.31. The van der Waals surface area contributed by atoms with Gasteiger partial charge < -0.3 is 20.1 Å². The van der Waals surface area contributed by atoms with E-state index in [0.717, 1.165) is 35.1 Å². The van der Waals surface area contributed by atoms with Gasteiger partial charge in [0, 0.05) is 24.8 Å². The number of methoxy groups -OCH3 is 1. The third-order valence-electron chi connectivity index (χ3n) is 4.04. The topological polar surface area (TPSA) is 42.5 Å². The Morgan fingerprint density at radius 3 is 2.33 bits per heavy atom. The highest BCUT2D eigenvalue weighted by atomic mass is 35.5. The van der Waals surface area contributed by atoms with Crippen molar-refractivity contribution in [3.8, 4) is 11.5 Å². The summed E-state index contributed by atoms with van der Waals surface area (Å²) in [5.74, 6) is 1.43. The van der Waals surface area contributed by atoms with E-state index in [1.54, 1.807) is 7.11 Å². The molecule has 3 aromatic rings. The molecular formula is C22H23ClN2O2. The average molecular weight is 383 g/mol. The summed E-state index contributed by atoms with van der Waals surface area (Å²) in [6, 6.07) is 23.6. The second kappa shape index (κ2) is 9.74. The van der Waals surface area contributed by atoms with Crippen molar-refractivity contribution in [2.75, 3.05) is 30.8 Å². The van der Waals surface area contributed by atoms with Gasteiger partial charge in [0.15, 0.2) is 11.5 Å². The molecule has 4 nitrogen and oxygen atoms in total. The van der Waals surface area contributed by atoms with E-state index in [4.69, 9.17) is 21.1 Å². The van der Waals surface area contributed by atoms with Crippen LogP contribution >= 0.6 is 11.6 Å². The summed E-state index contributed by atoms with van der Waals surface area (Å²) in [4.78, 5) is 0. The Balaban J connectivity index is 1.55. The quantitative estimate of drug-likeness (QED) is 0.483. The van der Waals surface area contributed by atoms with Gasteiger partial charge in [0.25, 0.3) is 0 Å². The van der Waals surface area contributed by atoms with Crippen LogP contribution in [0.2, 0.25) is 5.02 Å². The normalized spacial score (nSPS) is 10.3. The lowest BCUT2D eigenvalue weighted by Gasteiger charge is -2.14. The van der Waals surface area contributed by atoms with Gasteiger partial charge >= 0.3 is 0 Å². The molecule has 0 aromatic heterocycles. The molecule has 2 N–H and O–H groups in total. The zero-order chi connectivity index (χ0) is 18.9. The minimum absolute atomic E-state index is 0.495. The van der Waals surface area contributed by atoms with Crippen molar-refractivity contribution in [2.24, 2.45) is 0 Å². The van der Waals surface area contributed by atoms with Crippen molar-refractivity contribution in [2.45, 2.75) is 6.61 Å². The summed E-state index contributed by atoms with van der Waals surface area (Å²) < 4.78 is 11.4. The number of anilines is 2. The first kappa shape index (κ1) is 18.9. The largest absolute Gasteiger partial charge is 0.493 e. The molecule has 0 unspecified atom stereocenters. The number of benzene rings is 3. The van der Waals surface area contributed by atoms with Crippen LogP contribution in [-0.2, 0) is 6.61 Å². The molecule has 0 bridgehead atoms. The maximum Gasteiger partial charge on any atom is 0.163 e. The fraction of sp³-hybridized carbons (Fsp3) is 0.182. The lowest BCUT2D eigenvalue weighted by Crippen LogP contribution is -2.13. The standard InChI is InChI=1S/C22H23ClN2O2/c1-26-21-12-11-18(15-22(21)27-16-17-7-3-2-4-8-17)24-13-14-25-20-10-6-5-9-19(20)23/h2-12,15,24-25H,13-14,16H2,1H3. The van der Waals surface area contributed by atoms with Gasteiger partial charge in [-0.25, -0.2) is 0 Å². The van der Waals surface area contributed by atoms with Crippen molar-refractivity contribution in [3.63, 3.8) is 0 Å². The highest BCUT2D eigenvalue weighted by Gasteiger charge is 2.06. The maximum absolute atomic E-state index is 6.15. The molecule has 140 valence electrons. The predicted molar refractivity (Wildman–Crippen MR) is 112 cm³/mol. The van der Waals surface area contributed by atoms with Crippen molar-refractivity contribution in [3.05, 3.63) is 83.4 Å². The molecule has 3 rings (SSSR count). The first-order chi connectivity index (χ1) is 13.3. The molecule has 0 atom stereocenters. The zero-order valence-electron chi connectivity index (χ0n) is 15.2. The number of nitrogens with one attached hydrogen (secondary N) is 2. The molecule has 0 aliphatic carbocycles. The maximum atomic E-state index is 6.15. The third-order valence-corrected chi connectivity index (χ3v) is 4.37. The molecule has 0 fully saturated rings. The van der Waals surface area contributed by atoms with Gasteiger partial charge in [-0.2, -0.15) is 0 Å². The molecule has 0 aliphatic rings. The Hall–Kier alpha value is -2.85. The monoisotopic (exact) mass is 382 g/mol. The smallest absolute Gasteiger partial charge is 0.163 e. The van der Waals surface area contributed by atoms with E-state index < -0.39 is 0 Å². The summed E-state index contributed by atoms with van der Waals surface area (Å²) in [5, 5.41) is 7.42. The first-order valence-electron chi connectivity index (χ1n) is 8.83. The van der Waals surface area contributed by atoms with E-state index in [9.17, 15) is 0 Å². The van der Waals surface area contributed by atoms with Gasteiger partial charge in [-0.1, -0.05) is 54.1 Å². The lowest BCUT2D eigenvalue weighted by atomic mass is 10.2. The van der Waals surface area contributed by atoms with Crippen molar-refractivity contribution in [1.29, 1.82) is 0 Å². The number of rotatable bonds is 9. The second-order valence-corrected chi connectivity index (χ2v) is 6.38. The Kier molecular flexibility index (Phi) is 6.83. The van der Waals surface area contributed by atoms with Gasteiger partial charge in [0.2, 0.25) is 0 Å². The molecule has 5 heteroatoms. The minimum atomic E-state index is 0.495. The molecule has 0 spiro atoms. The molecule has 0 aliphatic heterocycles. The molecule has 0 amide bonds. The van der Waals surface area contributed by atoms with E-state index in [0.29, 0.717) is 18.1 Å². The fourth-order valence-corrected chi connectivity index (χ4v) is 2.85. The van der Waals surface area contributed by atoms with Crippen LogP contribution in [0.5, 0.6) is 11.5 Å². The predicted octanol–water partition coefficient (Wildman–Crippen LogP) is 5.45. The Labute approximate surface area is 165 Å². The number of para-hydroxylation sites is 1. The highest BCUT2D eigenvalue weighted by molar-refractivity contribution is 6.33. The molecule has 0 heterocycles. The van der Waals surface area contributed by atoms with Gasteiger partial charge in [0.05, 0.1) is 17.8 Å². The Morgan fingerprint density at radius 1 is 0.815 bits per heavy atom. The van der Waals surface area contributed by atoms with Gasteiger partial charge in [0.1, 0.15) is 6.61 Å². The summed E-state index contributed by atoms with van der Waals surface area (Å²) in [5.41, 5.74) is 3.02. The minimum Gasteiger partial charge on any atom is -0.493 e. The van der Waals surface area contributed by atoms with Crippen LogP contribution in [0.1, 0.15) is 5.56 Å². The first-order valence-corrected chi connectivity index (χ1v) is 9.21. The summed E-state index contributed by atoms with van der Waals surface area (Å²) in [7, 11) is 1.64. The summed E-state index contributed by atoms with van der Waals surface area (Å²) in [6.45, 7) is 1.99. The number of hydrogen-bond acceptors (Lipinski definition) is 4. The van der Waals surface area contributed by atoms with E-state index in [2.05, 4.69) is 10.6 Å². The van der Waals surface area contributed by atoms with Crippen LogP contribution in [0.4, 0.5) is 11.4 Å². The lowest BCUT2D eigenvalue weighted by molar-refractivity contribution is 0.284. The van der Waals surface area contributed by atoms with Gasteiger partial charge in [-0.3, -0.25) is 0 Å². The third kappa shape index (κ3) is 5.56. The van der Waals surface area contributed by atoms with E-state index in [1.807, 2.05) is 72.8 Å². The fourth-order valence-electron chi connectivity index (χ4n) is 2.64. The molecular weight excluding hydrogens is 360 g/mol. The molecule has 27 heavy (non-hydrogen) atoms. The van der Waals surface area contributed by atoms with E-state index >= 15 is 0 Å². The zero-order valence-corrected chi connectivity index (χ0v) is 16.0. The van der Waals surface area contributed by atoms with Gasteiger partial charge in [-0.15, -0.1) is 0 Å². The summed E-state index contributed by atoms with van der Waals surface area (Å²) in [6.07, 6.45) is 0. The molecule has 0 radical (unpaired) electrons. The summed E-state index contributed by atoms with van der Waals surface area (Å²) >= 11 is 6.15. The van der Waals surface area contributed by atoms with Crippen molar-refractivity contribution in [1.82, 2.24) is 0 Å². The van der Waals surface area contributed by atoms with Crippen molar-refractivity contribution < 1.29 is 9.47 Å². The van der Waals surface area contributed by atoms with Crippen LogP contribution in [0.3, 0.4) is 0 Å². The van der Waals surface area contributed by atoms with Crippen LogP contribution < -0.4 is 20.1 Å². The van der Waals surface area contributed by atoms with Crippen molar-refractivity contribution >= 4 is 23.0 Å². The Morgan fingerprint density at radius 2 is 1.56 bits per heavy atom. The van der Waals surface area contributed by atoms with Crippen LogP contribution in [0.25, 0.3) is 0 Å². The molecule has 0 saturated heterocycles. The molecule has 0 saturated carbocycles. The number of halogens is 1. The Bertz CT molecular complexity index is 856. The second-order valence-electron chi connectivity index (χ2n) is 5.97.